The summed E-state index contributed by atoms with van der Waals surface area (Å²) >= 11 is 0. The lowest BCUT2D eigenvalue weighted by molar-refractivity contribution is -0.137. The molecule has 0 N–H and O–H groups in total. The summed E-state index contributed by atoms with van der Waals surface area (Å²) in [5, 5.41) is 0. The topological polar surface area (TPSA) is 35.5 Å². The molecule has 3 nitrogen and oxygen atoms in total. The van der Waals surface area contributed by atoms with Gasteiger partial charge in [0, 0.05) is 5.56 Å². The van der Waals surface area contributed by atoms with Gasteiger partial charge in [0.25, 0.3) is 0 Å². The number of hydrogen-bond acceptors (Lipinski definition) is 3. The standard InChI is InChI=1S/C15H9F3O3/c16-15(17,18)12-4-2-1-3-10(12)11-6-14-13(20-8-21-14)5-9(11)7-19/h1-7H,8H2. The minimum Gasteiger partial charge on any atom is -0.454 e. The van der Waals surface area contributed by atoms with Crippen molar-refractivity contribution < 1.29 is 27.4 Å². The maximum Gasteiger partial charge on any atom is 0.417 e. The van der Waals surface area contributed by atoms with Crippen LogP contribution in [0.1, 0.15) is 15.9 Å². The van der Waals surface area contributed by atoms with Crippen LogP contribution in [0.2, 0.25) is 0 Å². The molecular formula is C15H9F3O3. The lowest BCUT2D eigenvalue weighted by Gasteiger charge is -2.14. The van der Waals surface area contributed by atoms with E-state index in [4.69, 9.17) is 9.47 Å². The van der Waals surface area contributed by atoms with Gasteiger partial charge in [0.1, 0.15) is 0 Å². The Labute approximate surface area is 117 Å². The van der Waals surface area contributed by atoms with Crippen LogP contribution in [0, 0.1) is 0 Å². The quantitative estimate of drug-likeness (QED) is 0.788. The van der Waals surface area contributed by atoms with Crippen molar-refractivity contribution in [1.82, 2.24) is 0 Å². The highest BCUT2D eigenvalue weighted by Gasteiger charge is 2.34. The van der Waals surface area contributed by atoms with Crippen molar-refractivity contribution >= 4 is 6.29 Å². The van der Waals surface area contributed by atoms with Crippen LogP contribution < -0.4 is 9.47 Å². The van der Waals surface area contributed by atoms with Gasteiger partial charge in [-0.25, -0.2) is 0 Å². The zero-order valence-electron chi connectivity index (χ0n) is 10.6. The van der Waals surface area contributed by atoms with E-state index in [2.05, 4.69) is 0 Å². The second-order valence-corrected chi connectivity index (χ2v) is 4.45. The van der Waals surface area contributed by atoms with Crippen LogP contribution in [0.15, 0.2) is 36.4 Å². The molecule has 3 rings (SSSR count). The SMILES string of the molecule is O=Cc1cc2c(cc1-c1ccccc1C(F)(F)F)OCO2. The van der Waals surface area contributed by atoms with Gasteiger partial charge in [-0.15, -0.1) is 0 Å². The number of hydrogen-bond donors (Lipinski definition) is 0. The fourth-order valence-electron chi connectivity index (χ4n) is 2.25. The van der Waals surface area contributed by atoms with Gasteiger partial charge in [0.05, 0.1) is 5.56 Å². The van der Waals surface area contributed by atoms with Crippen molar-refractivity contribution in [3.63, 3.8) is 0 Å². The van der Waals surface area contributed by atoms with E-state index in [1.54, 1.807) is 0 Å². The average Bonchev–Trinajstić information content (AvgIpc) is 2.92. The minimum atomic E-state index is -4.51. The summed E-state index contributed by atoms with van der Waals surface area (Å²) in [5.41, 5.74) is -0.574. The third-order valence-corrected chi connectivity index (χ3v) is 3.19. The van der Waals surface area contributed by atoms with E-state index in [0.29, 0.717) is 17.8 Å². The summed E-state index contributed by atoms with van der Waals surface area (Å²) in [4.78, 5) is 11.2. The number of fused-ring (bicyclic) bond motifs is 1. The molecule has 6 heteroatoms. The summed E-state index contributed by atoms with van der Waals surface area (Å²) in [6, 6.07) is 7.89. The number of carbonyl (C=O) groups excluding carboxylic acids is 1. The van der Waals surface area contributed by atoms with Gasteiger partial charge in [-0.1, -0.05) is 18.2 Å². The van der Waals surface area contributed by atoms with Crippen molar-refractivity contribution in [1.29, 1.82) is 0 Å². The number of halogens is 3. The molecule has 1 aliphatic rings. The fourth-order valence-corrected chi connectivity index (χ4v) is 2.25. The van der Waals surface area contributed by atoms with Gasteiger partial charge in [-0.3, -0.25) is 4.79 Å². The van der Waals surface area contributed by atoms with Crippen molar-refractivity contribution in [2.45, 2.75) is 6.18 Å². The van der Waals surface area contributed by atoms with E-state index in [1.165, 1.54) is 30.3 Å². The Bertz CT molecular complexity index is 708. The minimum absolute atomic E-state index is 0.0159. The van der Waals surface area contributed by atoms with Crippen LogP contribution in [0.25, 0.3) is 11.1 Å². The van der Waals surface area contributed by atoms with Crippen LogP contribution in [0.4, 0.5) is 13.2 Å². The third kappa shape index (κ3) is 2.33. The normalized spacial score (nSPS) is 13.3. The average molecular weight is 294 g/mol. The van der Waals surface area contributed by atoms with E-state index in [0.717, 1.165) is 6.07 Å². The lowest BCUT2D eigenvalue weighted by Crippen LogP contribution is -2.07. The summed E-state index contributed by atoms with van der Waals surface area (Å²) in [7, 11) is 0. The van der Waals surface area contributed by atoms with Gasteiger partial charge in [-0.05, 0) is 29.3 Å². The molecule has 0 bridgehead atoms. The molecule has 2 aromatic rings. The van der Waals surface area contributed by atoms with E-state index in [9.17, 15) is 18.0 Å². The highest BCUT2D eigenvalue weighted by molar-refractivity contribution is 5.90. The first-order valence-electron chi connectivity index (χ1n) is 6.06. The molecule has 1 heterocycles. The number of ether oxygens (including phenoxy) is 2. The Kier molecular flexibility index (Phi) is 3.08. The molecule has 0 radical (unpaired) electrons. The zero-order valence-corrected chi connectivity index (χ0v) is 10.6. The van der Waals surface area contributed by atoms with Gasteiger partial charge in [0.15, 0.2) is 17.8 Å². The van der Waals surface area contributed by atoms with Crippen LogP contribution in [-0.4, -0.2) is 13.1 Å². The smallest absolute Gasteiger partial charge is 0.417 e. The molecular weight excluding hydrogens is 285 g/mol. The van der Waals surface area contributed by atoms with Crippen molar-refractivity contribution in [3.05, 3.63) is 47.5 Å². The molecule has 0 spiro atoms. The molecule has 0 aromatic heterocycles. The first-order chi connectivity index (χ1) is 10.0. The predicted molar refractivity (Wildman–Crippen MR) is 68.4 cm³/mol. The maximum absolute atomic E-state index is 13.1. The summed E-state index contributed by atoms with van der Waals surface area (Å²) in [6.45, 7) is -0.0159. The molecule has 0 amide bonds. The number of benzene rings is 2. The number of aldehydes is 1. The van der Waals surface area contributed by atoms with E-state index >= 15 is 0 Å². The van der Waals surface area contributed by atoms with Crippen molar-refractivity contribution in [2.24, 2.45) is 0 Å². The molecule has 0 aliphatic carbocycles. The van der Waals surface area contributed by atoms with E-state index < -0.39 is 11.7 Å². The van der Waals surface area contributed by atoms with Gasteiger partial charge in [0.2, 0.25) is 6.79 Å². The highest BCUT2D eigenvalue weighted by Crippen LogP contribution is 2.42. The Hall–Kier alpha value is -2.50. The molecule has 0 atom stereocenters. The Morgan fingerprint density at radius 3 is 2.33 bits per heavy atom. The first-order valence-corrected chi connectivity index (χ1v) is 6.06. The van der Waals surface area contributed by atoms with Gasteiger partial charge in [-0.2, -0.15) is 13.2 Å². The van der Waals surface area contributed by atoms with Crippen molar-refractivity contribution in [2.75, 3.05) is 6.79 Å². The Balaban J connectivity index is 2.24. The van der Waals surface area contributed by atoms with Crippen molar-refractivity contribution in [3.8, 4) is 22.6 Å². The zero-order chi connectivity index (χ0) is 15.0. The second-order valence-electron chi connectivity index (χ2n) is 4.45. The molecule has 0 saturated carbocycles. The van der Waals surface area contributed by atoms with Gasteiger partial charge >= 0.3 is 6.18 Å². The van der Waals surface area contributed by atoms with Crippen LogP contribution in [0.5, 0.6) is 11.5 Å². The Morgan fingerprint density at radius 2 is 1.67 bits per heavy atom. The maximum atomic E-state index is 13.1. The summed E-state index contributed by atoms with van der Waals surface area (Å²) in [6.07, 6.45) is -4.00. The number of rotatable bonds is 2. The molecule has 0 unspecified atom stereocenters. The first kappa shape index (κ1) is 13.5. The molecule has 108 valence electrons. The molecule has 0 fully saturated rings. The largest absolute Gasteiger partial charge is 0.454 e. The molecule has 1 aliphatic heterocycles. The second kappa shape index (κ2) is 4.80. The predicted octanol–water partition coefficient (Wildman–Crippen LogP) is 3.91. The fraction of sp³-hybridized carbons (Fsp3) is 0.133. The van der Waals surface area contributed by atoms with E-state index in [-0.39, 0.29) is 23.5 Å². The number of alkyl halides is 3. The third-order valence-electron chi connectivity index (χ3n) is 3.19. The van der Waals surface area contributed by atoms with Gasteiger partial charge < -0.3 is 9.47 Å². The summed E-state index contributed by atoms with van der Waals surface area (Å²) < 4.78 is 49.6. The monoisotopic (exact) mass is 294 g/mol. The lowest BCUT2D eigenvalue weighted by atomic mass is 9.95. The van der Waals surface area contributed by atoms with Crippen LogP contribution >= 0.6 is 0 Å². The number of carbonyl (C=O) groups is 1. The van der Waals surface area contributed by atoms with Crippen LogP contribution in [0.3, 0.4) is 0 Å². The Morgan fingerprint density at radius 1 is 1.00 bits per heavy atom. The molecule has 0 saturated heterocycles. The molecule has 2 aromatic carbocycles. The summed E-state index contributed by atoms with van der Waals surface area (Å²) in [5.74, 6) is 0.679. The molecule has 21 heavy (non-hydrogen) atoms. The van der Waals surface area contributed by atoms with Crippen LogP contribution in [-0.2, 0) is 6.18 Å². The van der Waals surface area contributed by atoms with E-state index in [1.807, 2.05) is 0 Å². The highest BCUT2D eigenvalue weighted by atomic mass is 19.4.